The number of nitrogen functional groups attached to an aromatic ring is 1. The highest BCUT2D eigenvalue weighted by Crippen LogP contribution is 2.42. The number of carbonyl (C=O) groups is 1. The van der Waals surface area contributed by atoms with Gasteiger partial charge in [-0.3, -0.25) is 9.47 Å². The molecule has 4 aromatic rings. The summed E-state index contributed by atoms with van der Waals surface area (Å²) in [6.07, 6.45) is 4.07. The summed E-state index contributed by atoms with van der Waals surface area (Å²) in [4.78, 5) is 41.7. The van der Waals surface area contributed by atoms with Crippen molar-refractivity contribution in [1.29, 1.82) is 0 Å². The van der Waals surface area contributed by atoms with E-state index in [0.717, 1.165) is 25.9 Å². The van der Waals surface area contributed by atoms with Crippen LogP contribution in [0.3, 0.4) is 0 Å². The number of fused-ring (bicyclic) bond motifs is 1. The highest BCUT2D eigenvalue weighted by atomic mass is 16.6. The third-order valence-corrected chi connectivity index (χ3v) is 7.19. The van der Waals surface area contributed by atoms with Crippen molar-refractivity contribution in [2.75, 3.05) is 44.4 Å². The van der Waals surface area contributed by atoms with E-state index in [9.17, 15) is 9.59 Å². The number of aromatic nitrogens is 4. The number of carbonyl (C=O) groups excluding carboxylic acids is 1. The first-order valence-corrected chi connectivity index (χ1v) is 12.5. The average molecular weight is 530 g/mol. The van der Waals surface area contributed by atoms with Gasteiger partial charge in [-0.1, -0.05) is 6.07 Å². The van der Waals surface area contributed by atoms with Gasteiger partial charge in [-0.05, 0) is 31.3 Å². The largest absolute Gasteiger partial charge is 0.494 e. The van der Waals surface area contributed by atoms with Gasteiger partial charge >= 0.3 is 11.8 Å². The molecule has 0 saturated carbocycles. The Hall–Kier alpha value is -4.71. The first-order valence-electron chi connectivity index (χ1n) is 12.5. The molecule has 12 heteroatoms. The lowest BCUT2D eigenvalue weighted by Gasteiger charge is -2.35. The fourth-order valence-electron chi connectivity index (χ4n) is 5.02. The molecular formula is C27H27N7O5. The molecule has 1 spiro atoms. The second-order valence-electron chi connectivity index (χ2n) is 9.76. The van der Waals surface area contributed by atoms with Gasteiger partial charge in [0, 0.05) is 44.3 Å². The minimum Gasteiger partial charge on any atom is -0.494 e. The second kappa shape index (κ2) is 9.55. The Balaban J connectivity index is 1.36. The van der Waals surface area contributed by atoms with Crippen LogP contribution in [0.4, 0.5) is 16.3 Å². The molecule has 2 fully saturated rings. The molecule has 2 N–H and O–H groups in total. The summed E-state index contributed by atoms with van der Waals surface area (Å²) in [5.74, 6) is 1.36. The lowest BCUT2D eigenvalue weighted by Crippen LogP contribution is -2.45. The van der Waals surface area contributed by atoms with E-state index in [2.05, 4.69) is 26.9 Å². The fraction of sp³-hybridized carbons (Fsp3) is 0.296. The van der Waals surface area contributed by atoms with Crippen molar-refractivity contribution in [2.24, 2.45) is 0 Å². The number of benzene rings is 2. The Morgan fingerprint density at radius 2 is 1.90 bits per heavy atom. The van der Waals surface area contributed by atoms with Crippen LogP contribution in [0.5, 0.6) is 17.4 Å². The summed E-state index contributed by atoms with van der Waals surface area (Å²) < 4.78 is 19.1. The number of ether oxygens (including phenoxy) is 3. The zero-order valence-electron chi connectivity index (χ0n) is 21.5. The summed E-state index contributed by atoms with van der Waals surface area (Å²) in [7, 11) is 3.62. The summed E-state index contributed by atoms with van der Waals surface area (Å²) in [5, 5.41) is 0.585. The van der Waals surface area contributed by atoms with Gasteiger partial charge in [-0.15, -0.1) is 0 Å². The number of hydrogen-bond donors (Lipinski definition) is 1. The predicted octanol–water partition coefficient (Wildman–Crippen LogP) is 2.98. The molecular weight excluding hydrogens is 502 g/mol. The first kappa shape index (κ1) is 24.6. The molecule has 2 saturated heterocycles. The van der Waals surface area contributed by atoms with E-state index in [4.69, 9.17) is 19.9 Å². The maximum atomic E-state index is 13.1. The topological polar surface area (TPSA) is 138 Å². The summed E-state index contributed by atoms with van der Waals surface area (Å²) in [6, 6.07) is 12.0. The number of anilines is 2. The molecule has 4 heterocycles. The molecule has 2 aromatic carbocycles. The third kappa shape index (κ3) is 4.59. The van der Waals surface area contributed by atoms with E-state index in [1.54, 1.807) is 60.7 Å². The standard InChI is InChI=1S/C27H27N7O5/c1-32-10-7-27(8-11-32)15-34(26(36)39-27)21-13-19-20(14-22(21)37-2)29-16-30-24(19)38-18-5-3-4-17(12-18)33-9-6-23(28)31-25(33)35/h3-6,9,12-14,16H,7-8,10-11,15H2,1-2H3,(H2,28,31,35). The van der Waals surface area contributed by atoms with Gasteiger partial charge in [-0.25, -0.2) is 19.6 Å². The number of likely N-dealkylation sites (tertiary alicyclic amines) is 1. The van der Waals surface area contributed by atoms with E-state index < -0.39 is 17.4 Å². The number of amides is 1. The zero-order chi connectivity index (χ0) is 27.1. The van der Waals surface area contributed by atoms with Crippen molar-refractivity contribution in [2.45, 2.75) is 18.4 Å². The smallest absolute Gasteiger partial charge is 0.415 e. The number of nitrogens with zero attached hydrogens (tertiary/aromatic N) is 6. The van der Waals surface area contributed by atoms with Crippen LogP contribution in [0, 0.1) is 0 Å². The van der Waals surface area contributed by atoms with Crippen LogP contribution in [0.1, 0.15) is 12.8 Å². The highest BCUT2D eigenvalue weighted by Gasteiger charge is 2.47. The Morgan fingerprint density at radius 1 is 1.08 bits per heavy atom. The van der Waals surface area contributed by atoms with Gasteiger partial charge in [0.05, 0.1) is 35.9 Å². The van der Waals surface area contributed by atoms with Crippen LogP contribution >= 0.6 is 0 Å². The van der Waals surface area contributed by atoms with Crippen molar-refractivity contribution >= 4 is 28.5 Å². The molecule has 6 rings (SSSR count). The second-order valence-corrected chi connectivity index (χ2v) is 9.76. The molecule has 39 heavy (non-hydrogen) atoms. The van der Waals surface area contributed by atoms with Crippen LogP contribution in [0.25, 0.3) is 16.6 Å². The van der Waals surface area contributed by atoms with Gasteiger partial charge in [0.2, 0.25) is 5.88 Å². The van der Waals surface area contributed by atoms with E-state index in [-0.39, 0.29) is 11.7 Å². The van der Waals surface area contributed by atoms with E-state index in [1.165, 1.54) is 10.9 Å². The van der Waals surface area contributed by atoms with Gasteiger partial charge < -0.3 is 24.8 Å². The summed E-state index contributed by atoms with van der Waals surface area (Å²) in [5.41, 5.74) is 6.28. The zero-order valence-corrected chi connectivity index (χ0v) is 21.5. The van der Waals surface area contributed by atoms with Crippen molar-refractivity contribution in [3.8, 4) is 23.1 Å². The number of piperidine rings is 1. The Bertz CT molecular complexity index is 1630. The number of methoxy groups -OCH3 is 1. The van der Waals surface area contributed by atoms with Gasteiger partial charge in [0.15, 0.2) is 0 Å². The Kier molecular flexibility index (Phi) is 6.03. The minimum absolute atomic E-state index is 0.144. The van der Waals surface area contributed by atoms with Gasteiger partial charge in [0.1, 0.15) is 29.2 Å². The van der Waals surface area contributed by atoms with Crippen LogP contribution in [-0.2, 0) is 4.74 Å². The van der Waals surface area contributed by atoms with Crippen molar-refractivity contribution < 1.29 is 19.0 Å². The molecule has 2 aliphatic heterocycles. The minimum atomic E-state index is -0.522. The van der Waals surface area contributed by atoms with Crippen molar-refractivity contribution in [1.82, 2.24) is 24.4 Å². The van der Waals surface area contributed by atoms with Crippen molar-refractivity contribution in [3.63, 3.8) is 0 Å². The van der Waals surface area contributed by atoms with Crippen LogP contribution < -0.4 is 25.8 Å². The number of hydrogen-bond acceptors (Lipinski definition) is 10. The molecule has 0 bridgehead atoms. The number of nitrogens with two attached hydrogens (primary N) is 1. The molecule has 12 nitrogen and oxygen atoms in total. The average Bonchev–Trinajstić information content (AvgIpc) is 3.25. The highest BCUT2D eigenvalue weighted by molar-refractivity contribution is 5.97. The summed E-state index contributed by atoms with van der Waals surface area (Å²) in [6.45, 7) is 2.15. The molecule has 0 unspecified atom stereocenters. The Labute approximate surface area is 223 Å². The molecule has 2 aliphatic rings. The van der Waals surface area contributed by atoms with Crippen LogP contribution in [-0.4, -0.2) is 69.9 Å². The predicted molar refractivity (Wildman–Crippen MR) is 144 cm³/mol. The normalized spacial score (nSPS) is 17.0. The molecule has 0 atom stereocenters. The molecule has 1 amide bonds. The maximum absolute atomic E-state index is 13.1. The SMILES string of the molecule is COc1cc2ncnc(Oc3cccc(-n4ccc(N)nc4=O)c3)c2cc1N1CC2(CCN(C)CC2)OC1=O. The molecule has 2 aromatic heterocycles. The lowest BCUT2D eigenvalue weighted by atomic mass is 9.91. The Morgan fingerprint density at radius 3 is 2.67 bits per heavy atom. The summed E-state index contributed by atoms with van der Waals surface area (Å²) >= 11 is 0. The van der Waals surface area contributed by atoms with Gasteiger partial charge in [-0.2, -0.15) is 4.98 Å². The van der Waals surface area contributed by atoms with E-state index in [0.29, 0.717) is 40.3 Å². The third-order valence-electron chi connectivity index (χ3n) is 7.19. The molecule has 200 valence electrons. The van der Waals surface area contributed by atoms with Crippen molar-refractivity contribution in [3.05, 3.63) is 65.5 Å². The van der Waals surface area contributed by atoms with E-state index in [1.807, 2.05) is 0 Å². The van der Waals surface area contributed by atoms with Crippen LogP contribution in [0.2, 0.25) is 0 Å². The quantitative estimate of drug-likeness (QED) is 0.411. The van der Waals surface area contributed by atoms with Crippen LogP contribution in [0.15, 0.2) is 59.8 Å². The lowest BCUT2D eigenvalue weighted by molar-refractivity contribution is 0.00678. The molecule has 0 radical (unpaired) electrons. The fourth-order valence-corrected chi connectivity index (χ4v) is 5.02. The maximum Gasteiger partial charge on any atom is 0.415 e. The van der Waals surface area contributed by atoms with E-state index >= 15 is 0 Å². The first-order chi connectivity index (χ1) is 18.8. The van der Waals surface area contributed by atoms with Gasteiger partial charge in [0.25, 0.3) is 0 Å². The monoisotopic (exact) mass is 529 g/mol. The molecule has 0 aliphatic carbocycles. The number of rotatable bonds is 5.